The first-order chi connectivity index (χ1) is 15.7. The summed E-state index contributed by atoms with van der Waals surface area (Å²) in [6.45, 7) is 3.31. The van der Waals surface area contributed by atoms with E-state index in [9.17, 15) is 8.78 Å². The third kappa shape index (κ3) is 4.59. The molecule has 5 rings (SSSR count). The number of anilines is 1. The van der Waals surface area contributed by atoms with Crippen LogP contribution in [0.5, 0.6) is 0 Å². The third-order valence-electron chi connectivity index (χ3n) is 5.16. The van der Waals surface area contributed by atoms with Crippen molar-refractivity contribution in [2.75, 3.05) is 18.4 Å². The Balaban J connectivity index is 0.00000119. The monoisotopic (exact) mass is 440 g/mol. The van der Waals surface area contributed by atoms with Gasteiger partial charge in [-0.25, -0.2) is 19.2 Å². The highest BCUT2D eigenvalue weighted by atomic mass is 19.3. The number of piperidine rings is 1. The van der Waals surface area contributed by atoms with Gasteiger partial charge in [-0.3, -0.25) is 0 Å². The molecular weight excluding hydrogens is 414 g/mol. The van der Waals surface area contributed by atoms with E-state index in [0.717, 1.165) is 43.1 Å². The predicted molar refractivity (Wildman–Crippen MR) is 120 cm³/mol. The van der Waals surface area contributed by atoms with E-state index in [-0.39, 0.29) is 0 Å². The quantitative estimate of drug-likeness (QED) is 0.483. The molecule has 0 spiro atoms. The van der Waals surface area contributed by atoms with E-state index in [2.05, 4.69) is 25.8 Å². The zero-order chi connectivity index (χ0) is 22.5. The molecule has 4 aromatic rings. The Morgan fingerprint density at radius 3 is 2.62 bits per heavy atom. The molecule has 0 unspecified atom stereocenters. The molecule has 1 aliphatic heterocycles. The van der Waals surface area contributed by atoms with Gasteiger partial charge in [0.2, 0.25) is 0 Å². The van der Waals surface area contributed by atoms with Crippen LogP contribution in [0.25, 0.3) is 28.3 Å². The lowest BCUT2D eigenvalue weighted by Gasteiger charge is -2.24. The van der Waals surface area contributed by atoms with E-state index in [1.165, 1.54) is 12.4 Å². The molecule has 0 aromatic carbocycles. The predicted octanol–water partition coefficient (Wildman–Crippen LogP) is 4.24. The second-order valence-corrected chi connectivity index (χ2v) is 7.20. The molecule has 0 saturated carbocycles. The van der Waals surface area contributed by atoms with Gasteiger partial charge in [-0.1, -0.05) is 19.9 Å². The summed E-state index contributed by atoms with van der Waals surface area (Å²) in [5.41, 5.74) is 3.13. The lowest BCUT2D eigenvalue weighted by Crippen LogP contribution is -2.35. The number of imidazole rings is 1. The maximum atomic E-state index is 12.8. The Labute approximate surface area is 184 Å². The first kappa shape index (κ1) is 21.8. The number of hydrogen-bond acceptors (Lipinski definition) is 6. The highest BCUT2D eigenvalue weighted by molar-refractivity contribution is 5.64. The Kier molecular flexibility index (Phi) is 6.69. The number of pyridine rings is 1. The SMILES string of the molecule is CC.FC(F)n1cc(-c2ccc3ncc(-c4cccc(NC5CCNCC5)n4)n3n2)cn1. The molecule has 1 saturated heterocycles. The van der Waals surface area contributed by atoms with Gasteiger partial charge in [-0.15, -0.1) is 0 Å². The zero-order valence-electron chi connectivity index (χ0n) is 18.0. The first-order valence-electron chi connectivity index (χ1n) is 10.8. The molecule has 0 atom stereocenters. The number of nitrogens with zero attached hydrogens (tertiary/aromatic N) is 6. The highest BCUT2D eigenvalue weighted by Crippen LogP contribution is 2.24. The van der Waals surface area contributed by atoms with Crippen LogP contribution < -0.4 is 10.6 Å². The van der Waals surface area contributed by atoms with Gasteiger partial charge in [-0.2, -0.15) is 19.0 Å². The number of hydrogen-bond donors (Lipinski definition) is 2. The van der Waals surface area contributed by atoms with Crippen LogP contribution in [0.4, 0.5) is 14.6 Å². The van der Waals surface area contributed by atoms with Crippen molar-refractivity contribution < 1.29 is 8.78 Å². The van der Waals surface area contributed by atoms with Crippen LogP contribution >= 0.6 is 0 Å². The van der Waals surface area contributed by atoms with Crippen LogP contribution in [0, 0.1) is 0 Å². The number of nitrogens with one attached hydrogen (secondary N) is 2. The molecular formula is C22H26F2N8. The minimum Gasteiger partial charge on any atom is -0.367 e. The van der Waals surface area contributed by atoms with E-state index in [0.29, 0.717) is 27.6 Å². The summed E-state index contributed by atoms with van der Waals surface area (Å²) in [5, 5.41) is 15.1. The Bertz CT molecular complexity index is 1160. The van der Waals surface area contributed by atoms with Crippen LogP contribution in [-0.4, -0.2) is 48.5 Å². The van der Waals surface area contributed by atoms with Crippen LogP contribution in [0.1, 0.15) is 33.2 Å². The minimum atomic E-state index is -2.69. The molecule has 0 amide bonds. The second-order valence-electron chi connectivity index (χ2n) is 7.20. The van der Waals surface area contributed by atoms with Crippen molar-refractivity contribution in [2.45, 2.75) is 39.3 Å². The summed E-state index contributed by atoms with van der Waals surface area (Å²) < 4.78 is 28.0. The van der Waals surface area contributed by atoms with Crippen molar-refractivity contribution in [3.05, 3.63) is 48.9 Å². The Morgan fingerprint density at radius 2 is 1.88 bits per heavy atom. The van der Waals surface area contributed by atoms with Gasteiger partial charge in [0.25, 0.3) is 0 Å². The fraction of sp³-hybridized carbons (Fsp3) is 0.364. The number of fused-ring (bicyclic) bond motifs is 1. The van der Waals surface area contributed by atoms with Crippen molar-refractivity contribution in [1.29, 1.82) is 0 Å². The summed E-state index contributed by atoms with van der Waals surface area (Å²) >= 11 is 0. The van der Waals surface area contributed by atoms with E-state index < -0.39 is 6.55 Å². The van der Waals surface area contributed by atoms with Crippen molar-refractivity contribution in [1.82, 2.24) is 34.7 Å². The van der Waals surface area contributed by atoms with Gasteiger partial charge < -0.3 is 10.6 Å². The molecule has 0 aliphatic carbocycles. The maximum absolute atomic E-state index is 12.8. The summed E-state index contributed by atoms with van der Waals surface area (Å²) in [6.07, 6.45) is 6.47. The fourth-order valence-electron chi connectivity index (χ4n) is 3.61. The molecule has 4 aromatic heterocycles. The van der Waals surface area contributed by atoms with Crippen LogP contribution in [0.2, 0.25) is 0 Å². The fourth-order valence-corrected chi connectivity index (χ4v) is 3.61. The molecule has 0 radical (unpaired) electrons. The summed E-state index contributed by atoms with van der Waals surface area (Å²) in [7, 11) is 0. The Hall–Kier alpha value is -3.40. The summed E-state index contributed by atoms with van der Waals surface area (Å²) in [4.78, 5) is 9.14. The minimum absolute atomic E-state index is 0.396. The van der Waals surface area contributed by atoms with E-state index >= 15 is 0 Å². The zero-order valence-corrected chi connectivity index (χ0v) is 18.0. The first-order valence-corrected chi connectivity index (χ1v) is 10.8. The average molecular weight is 441 g/mol. The maximum Gasteiger partial charge on any atom is 0.333 e. The van der Waals surface area contributed by atoms with Crippen molar-refractivity contribution in [3.63, 3.8) is 0 Å². The number of halogens is 2. The van der Waals surface area contributed by atoms with E-state index in [4.69, 9.17) is 4.98 Å². The molecule has 32 heavy (non-hydrogen) atoms. The van der Waals surface area contributed by atoms with Gasteiger partial charge in [0.05, 0.1) is 23.8 Å². The van der Waals surface area contributed by atoms with Crippen LogP contribution in [-0.2, 0) is 0 Å². The van der Waals surface area contributed by atoms with Gasteiger partial charge in [0, 0.05) is 17.8 Å². The normalized spacial score (nSPS) is 14.4. The lowest BCUT2D eigenvalue weighted by molar-refractivity contribution is 0.0566. The summed E-state index contributed by atoms with van der Waals surface area (Å²) in [5.74, 6) is 0.809. The van der Waals surface area contributed by atoms with Crippen molar-refractivity contribution >= 4 is 11.5 Å². The smallest absolute Gasteiger partial charge is 0.333 e. The van der Waals surface area contributed by atoms with Crippen LogP contribution in [0.3, 0.4) is 0 Å². The largest absolute Gasteiger partial charge is 0.367 e. The Morgan fingerprint density at radius 1 is 1.06 bits per heavy atom. The molecule has 1 fully saturated rings. The van der Waals surface area contributed by atoms with Gasteiger partial charge >= 0.3 is 6.55 Å². The van der Waals surface area contributed by atoms with Gasteiger partial charge in [0.1, 0.15) is 11.5 Å². The van der Waals surface area contributed by atoms with E-state index in [1.807, 2.05) is 32.0 Å². The molecule has 2 N–H and O–H groups in total. The molecule has 168 valence electrons. The van der Waals surface area contributed by atoms with E-state index in [1.54, 1.807) is 22.8 Å². The number of rotatable bonds is 5. The molecule has 5 heterocycles. The standard InChI is InChI=1S/C20H20F2N8.C2H6/c21-20(22)29-12-13(10-25-29)15-4-5-19-24-11-17(30(19)28-15)16-2-1-3-18(27-16)26-14-6-8-23-9-7-14;1-2/h1-5,10-12,14,20,23H,6-9H2,(H,26,27);1-2H3. The third-order valence-corrected chi connectivity index (χ3v) is 5.16. The summed E-state index contributed by atoms with van der Waals surface area (Å²) in [6, 6.07) is 9.73. The lowest BCUT2D eigenvalue weighted by atomic mass is 10.1. The van der Waals surface area contributed by atoms with Crippen molar-refractivity contribution in [3.8, 4) is 22.6 Å². The average Bonchev–Trinajstić information content (AvgIpc) is 3.49. The second kappa shape index (κ2) is 9.82. The molecule has 10 heteroatoms. The molecule has 0 bridgehead atoms. The molecule has 8 nitrogen and oxygen atoms in total. The number of alkyl halides is 2. The highest BCUT2D eigenvalue weighted by Gasteiger charge is 2.15. The molecule has 1 aliphatic rings. The van der Waals surface area contributed by atoms with Gasteiger partial charge in [-0.05, 0) is 50.2 Å². The topological polar surface area (TPSA) is 85.0 Å². The van der Waals surface area contributed by atoms with Gasteiger partial charge in [0.15, 0.2) is 5.65 Å². The van der Waals surface area contributed by atoms with Crippen LogP contribution in [0.15, 0.2) is 48.9 Å². The number of aromatic nitrogens is 6. The van der Waals surface area contributed by atoms with Crippen molar-refractivity contribution in [2.24, 2.45) is 0 Å².